The largest absolute Gasteiger partial charge is 0.462 e. The van der Waals surface area contributed by atoms with Gasteiger partial charge in [-0.2, -0.15) is 10.2 Å². The fourth-order valence-electron chi connectivity index (χ4n) is 2.60. The summed E-state index contributed by atoms with van der Waals surface area (Å²) in [4.78, 5) is 28.9. The number of hydrogen-bond donors (Lipinski definition) is 1. The maximum absolute atomic E-state index is 12.3. The van der Waals surface area contributed by atoms with Crippen LogP contribution in [0.4, 0.5) is 5.00 Å². The van der Waals surface area contributed by atoms with Gasteiger partial charge in [-0.25, -0.2) is 4.79 Å². The second-order valence-electron chi connectivity index (χ2n) is 6.02. The van der Waals surface area contributed by atoms with Crippen LogP contribution in [0.5, 0.6) is 0 Å². The molecule has 3 aromatic rings. The van der Waals surface area contributed by atoms with Crippen LogP contribution in [-0.4, -0.2) is 28.6 Å². The number of anilines is 1. The number of nitrogens with zero attached hydrogens (tertiary/aromatic N) is 3. The minimum Gasteiger partial charge on any atom is -0.462 e. The lowest BCUT2D eigenvalue weighted by Gasteiger charge is -2.01. The van der Waals surface area contributed by atoms with Crippen molar-refractivity contribution in [3.8, 4) is 17.5 Å². The number of thiophene rings is 1. The summed E-state index contributed by atoms with van der Waals surface area (Å²) in [5.41, 5.74) is 1.58. The molecule has 3 rings (SSSR count). The maximum atomic E-state index is 12.3. The van der Waals surface area contributed by atoms with Crippen molar-refractivity contribution >= 4 is 28.2 Å². The lowest BCUT2D eigenvalue weighted by Crippen LogP contribution is -2.12. The number of ether oxygens (including phenoxy) is 1. The summed E-state index contributed by atoms with van der Waals surface area (Å²) in [5, 5.41) is 16.3. The van der Waals surface area contributed by atoms with Gasteiger partial charge >= 0.3 is 5.97 Å². The van der Waals surface area contributed by atoms with Gasteiger partial charge < -0.3 is 14.6 Å². The maximum Gasteiger partial charge on any atom is 0.348 e. The van der Waals surface area contributed by atoms with Crippen molar-refractivity contribution in [2.75, 3.05) is 11.9 Å². The van der Waals surface area contributed by atoms with Crippen LogP contribution in [0.1, 0.15) is 40.0 Å². The Morgan fingerprint density at radius 1 is 1.31 bits per heavy atom. The number of esters is 1. The van der Waals surface area contributed by atoms with Crippen molar-refractivity contribution in [3.63, 3.8) is 0 Å². The smallest absolute Gasteiger partial charge is 0.348 e. The summed E-state index contributed by atoms with van der Waals surface area (Å²) in [6.45, 7) is 3.59. The van der Waals surface area contributed by atoms with E-state index in [1.165, 1.54) is 0 Å². The molecule has 29 heavy (non-hydrogen) atoms. The van der Waals surface area contributed by atoms with Gasteiger partial charge in [0.25, 0.3) is 0 Å². The molecule has 2 aromatic heterocycles. The van der Waals surface area contributed by atoms with Crippen molar-refractivity contribution in [3.05, 3.63) is 52.2 Å². The van der Waals surface area contributed by atoms with Crippen LogP contribution in [-0.2, 0) is 16.0 Å². The van der Waals surface area contributed by atoms with Gasteiger partial charge in [-0.15, -0.1) is 11.3 Å². The molecule has 0 bridgehead atoms. The number of carbonyl (C=O) groups excluding carboxylic acids is 2. The first-order valence-electron chi connectivity index (χ1n) is 8.92. The Labute approximate surface area is 171 Å². The number of nitriles is 1. The topological polar surface area (TPSA) is 118 Å². The first kappa shape index (κ1) is 20.2. The molecule has 0 radical (unpaired) electrons. The molecule has 8 nitrogen and oxygen atoms in total. The molecule has 9 heteroatoms. The minimum absolute atomic E-state index is 0.0903. The number of aromatic nitrogens is 2. The highest BCUT2D eigenvalue weighted by atomic mass is 32.1. The summed E-state index contributed by atoms with van der Waals surface area (Å²) in [6, 6.07) is 11.4. The molecular formula is C20H18N4O4S. The number of hydrogen-bond acceptors (Lipinski definition) is 8. The van der Waals surface area contributed by atoms with E-state index in [1.807, 2.05) is 36.4 Å². The van der Waals surface area contributed by atoms with Crippen molar-refractivity contribution in [1.29, 1.82) is 5.26 Å². The molecule has 0 fully saturated rings. The van der Waals surface area contributed by atoms with E-state index >= 15 is 0 Å². The lowest BCUT2D eigenvalue weighted by atomic mass is 10.1. The Kier molecular flexibility index (Phi) is 6.36. The molecule has 0 aliphatic carbocycles. The first-order valence-corrected chi connectivity index (χ1v) is 9.73. The zero-order valence-electron chi connectivity index (χ0n) is 15.9. The molecule has 0 atom stereocenters. The van der Waals surface area contributed by atoms with Crippen LogP contribution in [0.25, 0.3) is 11.4 Å². The van der Waals surface area contributed by atoms with Crippen molar-refractivity contribution in [1.82, 2.24) is 10.1 Å². The van der Waals surface area contributed by atoms with Gasteiger partial charge in [0.05, 0.1) is 12.2 Å². The molecule has 1 amide bonds. The number of carbonyl (C=O) groups is 2. The second-order valence-corrected chi connectivity index (χ2v) is 7.04. The number of aryl methyl sites for hydroxylation is 1. The fraction of sp³-hybridized carbons (Fsp3) is 0.250. The zero-order valence-corrected chi connectivity index (χ0v) is 16.7. The molecule has 0 aliphatic rings. The quantitative estimate of drug-likeness (QED) is 0.590. The third-order valence-corrected chi connectivity index (χ3v) is 5.23. The van der Waals surface area contributed by atoms with E-state index in [0.29, 0.717) is 27.2 Å². The monoisotopic (exact) mass is 410 g/mol. The van der Waals surface area contributed by atoms with Crippen LogP contribution in [0.2, 0.25) is 0 Å². The Balaban J connectivity index is 1.64. The van der Waals surface area contributed by atoms with Crippen LogP contribution in [0, 0.1) is 18.3 Å². The number of rotatable bonds is 7. The highest BCUT2D eigenvalue weighted by Crippen LogP contribution is 2.33. The highest BCUT2D eigenvalue weighted by molar-refractivity contribution is 7.18. The van der Waals surface area contributed by atoms with E-state index < -0.39 is 5.97 Å². The first-order chi connectivity index (χ1) is 14.0. The van der Waals surface area contributed by atoms with E-state index in [4.69, 9.17) is 9.26 Å². The molecular weight excluding hydrogens is 392 g/mol. The third-order valence-electron chi connectivity index (χ3n) is 4.04. The second kappa shape index (κ2) is 9.12. The van der Waals surface area contributed by atoms with Crippen LogP contribution >= 0.6 is 11.3 Å². The molecule has 0 spiro atoms. The third kappa shape index (κ3) is 4.67. The van der Waals surface area contributed by atoms with Crippen molar-refractivity contribution < 1.29 is 18.8 Å². The van der Waals surface area contributed by atoms with E-state index in [2.05, 4.69) is 15.5 Å². The molecule has 0 aliphatic heterocycles. The van der Waals surface area contributed by atoms with Gasteiger partial charge in [0.2, 0.25) is 17.6 Å². The minimum atomic E-state index is -0.508. The van der Waals surface area contributed by atoms with E-state index in [-0.39, 0.29) is 30.9 Å². The fourth-order valence-corrected chi connectivity index (χ4v) is 3.67. The molecule has 2 heterocycles. The summed E-state index contributed by atoms with van der Waals surface area (Å²) < 4.78 is 10.2. The predicted octanol–water partition coefficient (Wildman–Crippen LogP) is 3.73. The SMILES string of the molecule is CCOC(=O)c1sc(NC(=O)CCc2nc(-c3ccccc3)no2)c(C#N)c1C. The van der Waals surface area contributed by atoms with Crippen LogP contribution in [0.3, 0.4) is 0 Å². The van der Waals surface area contributed by atoms with Gasteiger partial charge in [-0.1, -0.05) is 35.5 Å². The average molecular weight is 410 g/mol. The Morgan fingerprint density at radius 2 is 2.07 bits per heavy atom. The Hall–Kier alpha value is -3.51. The molecule has 1 aromatic carbocycles. The van der Waals surface area contributed by atoms with Crippen molar-refractivity contribution in [2.24, 2.45) is 0 Å². The van der Waals surface area contributed by atoms with Gasteiger partial charge in [-0.05, 0) is 19.4 Å². The van der Waals surface area contributed by atoms with Gasteiger partial charge in [0.15, 0.2) is 0 Å². The van der Waals surface area contributed by atoms with Gasteiger partial charge in [0, 0.05) is 18.4 Å². The summed E-state index contributed by atoms with van der Waals surface area (Å²) in [6.07, 6.45) is 0.343. The normalized spacial score (nSPS) is 10.4. The molecule has 0 saturated heterocycles. The number of benzene rings is 1. The predicted molar refractivity (Wildman–Crippen MR) is 106 cm³/mol. The summed E-state index contributed by atoms with van der Waals surface area (Å²) >= 11 is 1.03. The van der Waals surface area contributed by atoms with E-state index in [9.17, 15) is 14.9 Å². The molecule has 0 unspecified atom stereocenters. The number of nitrogens with one attached hydrogen (secondary N) is 1. The Morgan fingerprint density at radius 3 is 2.76 bits per heavy atom. The molecule has 1 N–H and O–H groups in total. The molecule has 148 valence electrons. The van der Waals surface area contributed by atoms with Crippen LogP contribution < -0.4 is 5.32 Å². The van der Waals surface area contributed by atoms with Gasteiger partial charge in [-0.3, -0.25) is 4.79 Å². The summed E-state index contributed by atoms with van der Waals surface area (Å²) in [5.74, 6) is -0.0289. The molecule has 0 saturated carbocycles. The highest BCUT2D eigenvalue weighted by Gasteiger charge is 2.22. The zero-order chi connectivity index (χ0) is 20.8. The Bertz CT molecular complexity index is 1070. The van der Waals surface area contributed by atoms with Crippen molar-refractivity contribution in [2.45, 2.75) is 26.7 Å². The number of amides is 1. The van der Waals surface area contributed by atoms with Gasteiger partial charge in [0.1, 0.15) is 15.9 Å². The lowest BCUT2D eigenvalue weighted by molar-refractivity contribution is -0.116. The van der Waals surface area contributed by atoms with E-state index in [0.717, 1.165) is 16.9 Å². The summed E-state index contributed by atoms with van der Waals surface area (Å²) in [7, 11) is 0. The standard InChI is InChI=1S/C20H18N4O4S/c1-3-27-20(26)17-12(2)14(11-21)19(29-17)22-15(25)9-10-16-23-18(24-28-16)13-7-5-4-6-8-13/h4-8H,3,9-10H2,1-2H3,(H,22,25). The van der Waals surface area contributed by atoms with E-state index in [1.54, 1.807) is 13.8 Å². The average Bonchev–Trinajstić information content (AvgIpc) is 3.32. The van der Waals surface area contributed by atoms with Crippen LogP contribution in [0.15, 0.2) is 34.9 Å².